The number of anilines is 6. The molecule has 4 nitrogen and oxygen atoms in total. The summed E-state index contributed by atoms with van der Waals surface area (Å²) < 4.78 is 10.3. The van der Waals surface area contributed by atoms with E-state index in [1.807, 2.05) is 22.7 Å². The lowest BCUT2D eigenvalue weighted by atomic mass is 10.0. The summed E-state index contributed by atoms with van der Waals surface area (Å²) in [5, 5.41) is 15.3. The number of fused-ring (bicyclic) bond motifs is 18. The summed E-state index contributed by atoms with van der Waals surface area (Å²) in [6.07, 6.45) is 0. The highest BCUT2D eigenvalue weighted by Crippen LogP contribution is 2.48. The number of para-hydroxylation sites is 4. The molecule has 11 aromatic carbocycles. The van der Waals surface area contributed by atoms with Crippen LogP contribution in [-0.4, -0.2) is 8.80 Å². The van der Waals surface area contributed by atoms with Gasteiger partial charge in [0.2, 0.25) is 0 Å². The van der Waals surface area contributed by atoms with E-state index < -0.39 is 0 Å². The van der Waals surface area contributed by atoms with Gasteiger partial charge in [0.05, 0.1) is 33.1 Å². The van der Waals surface area contributed by atoms with E-state index in [1.165, 1.54) is 117 Å². The molecule has 17 rings (SSSR count). The average Bonchev–Trinajstić information content (AvgIpc) is 4.28. The number of hydrogen-bond donors (Lipinski definition) is 0. The number of nitrogens with zero attached hydrogens (tertiary/aromatic N) is 4. The second-order valence-electron chi connectivity index (χ2n) is 19.3. The van der Waals surface area contributed by atoms with Gasteiger partial charge >= 0.3 is 0 Å². The quantitative estimate of drug-likeness (QED) is 0.165. The minimum Gasteiger partial charge on any atom is -0.310 e. The maximum atomic E-state index is 2.55. The Morgan fingerprint density at radius 2 is 0.569 bits per heavy atom. The highest BCUT2D eigenvalue weighted by Gasteiger charge is 2.25. The van der Waals surface area contributed by atoms with Gasteiger partial charge in [0, 0.05) is 118 Å². The lowest BCUT2D eigenvalue weighted by molar-refractivity contribution is 1.28. The fourth-order valence-corrected chi connectivity index (χ4v) is 14.6. The zero-order valence-electron chi connectivity index (χ0n) is 38.5. The Labute approximate surface area is 419 Å². The lowest BCUT2D eigenvalue weighted by Gasteiger charge is -2.26. The van der Waals surface area contributed by atoms with E-state index in [0.29, 0.717) is 0 Å². The Morgan fingerprint density at radius 3 is 1.03 bits per heavy atom. The van der Waals surface area contributed by atoms with Crippen LogP contribution in [0.5, 0.6) is 0 Å². The lowest BCUT2D eigenvalue weighted by Crippen LogP contribution is -2.09. The molecule has 0 aliphatic rings. The first-order valence-electron chi connectivity index (χ1n) is 24.6. The maximum absolute atomic E-state index is 2.55. The van der Waals surface area contributed by atoms with Crippen LogP contribution in [0.25, 0.3) is 117 Å². The summed E-state index contributed by atoms with van der Waals surface area (Å²) in [5.41, 5.74) is 14.2. The summed E-state index contributed by atoms with van der Waals surface area (Å²) in [5.74, 6) is 0. The van der Waals surface area contributed by atoms with E-state index in [1.54, 1.807) is 0 Å². The second kappa shape index (κ2) is 14.3. The largest absolute Gasteiger partial charge is 0.310 e. The fourth-order valence-electron chi connectivity index (χ4n) is 12.5. The van der Waals surface area contributed by atoms with Gasteiger partial charge in [0.25, 0.3) is 0 Å². The van der Waals surface area contributed by atoms with E-state index in [0.717, 1.165) is 34.1 Å². The van der Waals surface area contributed by atoms with Gasteiger partial charge in [-0.2, -0.15) is 0 Å². The molecular formula is C66H38N4S2. The van der Waals surface area contributed by atoms with Crippen molar-refractivity contribution in [2.24, 2.45) is 0 Å². The van der Waals surface area contributed by atoms with Crippen LogP contribution >= 0.6 is 22.7 Å². The number of aromatic nitrogens is 2. The molecule has 0 radical (unpaired) electrons. The van der Waals surface area contributed by atoms with Crippen molar-refractivity contribution in [1.29, 1.82) is 0 Å². The van der Waals surface area contributed by atoms with Crippen LogP contribution in [0.15, 0.2) is 231 Å². The van der Waals surface area contributed by atoms with Gasteiger partial charge in [-0.25, -0.2) is 0 Å². The molecule has 0 unspecified atom stereocenters. The molecular weight excluding hydrogens is 913 g/mol. The van der Waals surface area contributed by atoms with Crippen molar-refractivity contribution in [1.82, 2.24) is 8.80 Å². The van der Waals surface area contributed by atoms with Crippen LogP contribution in [0.1, 0.15) is 0 Å². The van der Waals surface area contributed by atoms with Gasteiger partial charge < -0.3 is 18.6 Å². The molecule has 0 saturated carbocycles. The van der Waals surface area contributed by atoms with Crippen molar-refractivity contribution in [3.05, 3.63) is 231 Å². The van der Waals surface area contributed by atoms with E-state index in [9.17, 15) is 0 Å². The molecule has 72 heavy (non-hydrogen) atoms. The van der Waals surface area contributed by atoms with Crippen molar-refractivity contribution in [3.8, 4) is 0 Å². The van der Waals surface area contributed by atoms with Gasteiger partial charge in [-0.1, -0.05) is 121 Å². The van der Waals surface area contributed by atoms with E-state index in [-0.39, 0.29) is 0 Å². The molecule has 0 bridgehead atoms. The third-order valence-electron chi connectivity index (χ3n) is 15.5. The Hall–Kier alpha value is -8.94. The van der Waals surface area contributed by atoms with Crippen molar-refractivity contribution in [2.75, 3.05) is 9.80 Å². The molecule has 0 aliphatic heterocycles. The highest BCUT2D eigenvalue weighted by molar-refractivity contribution is 7.26. The molecule has 0 atom stereocenters. The average molecular weight is 951 g/mol. The summed E-state index contributed by atoms with van der Waals surface area (Å²) in [7, 11) is 0. The molecule has 17 aromatic rings. The van der Waals surface area contributed by atoms with E-state index in [2.05, 4.69) is 249 Å². The maximum Gasteiger partial charge on any atom is 0.0620 e. The molecule has 6 aromatic heterocycles. The normalized spacial score (nSPS) is 12.4. The standard InChI is InChI=1S/C66H38N4S2/c1-3-13-39(14-4-1)67(41-27-31-63-55(33-41)47-17-7-9-23-61(47)71-63)43-25-29-45-49-19-11-21-51-53-38-60-54(37-59(53)69(65(49)51)57(45)35-43)52-22-12-20-50-46-30-26-44(36-58(46)70(60)66(50)52)68(40-15-5-2-6-16-40)42-28-32-64-56(34-42)48-18-8-10-24-62(48)72-64/h1-38H. The monoisotopic (exact) mass is 950 g/mol. The minimum atomic E-state index is 1.12. The SMILES string of the molecule is c1ccc(N(c2ccc3sc4ccccc4c3c2)c2ccc3c4cccc5c6cc7c(cc6n(c3c2)c45)c2cccc3c4ccc(N(c5ccccc5)c5ccc6sc8ccccc8c6c5)cc4n7c32)cc1. The molecule has 6 heteroatoms. The summed E-state index contributed by atoms with van der Waals surface area (Å²) in [6.45, 7) is 0. The van der Waals surface area contributed by atoms with Crippen LogP contribution in [0.2, 0.25) is 0 Å². The number of hydrogen-bond acceptors (Lipinski definition) is 4. The Balaban J connectivity index is 0.889. The second-order valence-corrected chi connectivity index (χ2v) is 21.4. The Bertz CT molecular complexity index is 4740. The van der Waals surface area contributed by atoms with Crippen LogP contribution in [-0.2, 0) is 0 Å². The van der Waals surface area contributed by atoms with Crippen molar-refractivity contribution >= 4 is 173 Å². The predicted octanol–water partition coefficient (Wildman–Crippen LogP) is 19.7. The van der Waals surface area contributed by atoms with Crippen LogP contribution in [0.4, 0.5) is 34.1 Å². The number of rotatable bonds is 6. The zero-order valence-corrected chi connectivity index (χ0v) is 40.2. The summed E-state index contributed by atoms with van der Waals surface area (Å²) in [4.78, 5) is 4.84. The Morgan fingerprint density at radius 1 is 0.222 bits per heavy atom. The first-order chi connectivity index (χ1) is 35.7. The van der Waals surface area contributed by atoms with Gasteiger partial charge in [-0.15, -0.1) is 22.7 Å². The molecule has 6 heterocycles. The van der Waals surface area contributed by atoms with Gasteiger partial charge in [-0.05, 0) is 109 Å². The fraction of sp³-hybridized carbons (Fsp3) is 0. The molecule has 0 aliphatic carbocycles. The summed E-state index contributed by atoms with van der Waals surface area (Å²) >= 11 is 3.72. The first kappa shape index (κ1) is 38.9. The minimum absolute atomic E-state index is 1.12. The number of benzene rings is 11. The predicted molar refractivity (Wildman–Crippen MR) is 311 cm³/mol. The van der Waals surface area contributed by atoms with Crippen LogP contribution < -0.4 is 9.80 Å². The summed E-state index contributed by atoms with van der Waals surface area (Å²) in [6, 6.07) is 85.9. The molecule has 0 amide bonds. The highest BCUT2D eigenvalue weighted by atomic mass is 32.1. The van der Waals surface area contributed by atoms with Crippen LogP contribution in [0.3, 0.4) is 0 Å². The molecule has 0 spiro atoms. The van der Waals surface area contributed by atoms with Crippen molar-refractivity contribution in [3.63, 3.8) is 0 Å². The topological polar surface area (TPSA) is 15.3 Å². The zero-order chi connectivity index (χ0) is 46.8. The van der Waals surface area contributed by atoms with Gasteiger partial charge in [0.15, 0.2) is 0 Å². The van der Waals surface area contributed by atoms with Crippen LogP contribution in [0, 0.1) is 0 Å². The number of thiophene rings is 2. The van der Waals surface area contributed by atoms with Crippen molar-refractivity contribution in [2.45, 2.75) is 0 Å². The van der Waals surface area contributed by atoms with Crippen molar-refractivity contribution < 1.29 is 0 Å². The van der Waals surface area contributed by atoms with Gasteiger partial charge in [-0.3, -0.25) is 0 Å². The molecule has 0 fully saturated rings. The Kier molecular flexibility index (Phi) is 7.73. The van der Waals surface area contributed by atoms with Gasteiger partial charge in [0.1, 0.15) is 0 Å². The third-order valence-corrected chi connectivity index (χ3v) is 17.8. The third kappa shape index (κ3) is 5.24. The molecule has 0 saturated heterocycles. The molecule has 0 N–H and O–H groups in total. The molecule has 334 valence electrons. The van der Waals surface area contributed by atoms with E-state index >= 15 is 0 Å². The smallest absolute Gasteiger partial charge is 0.0620 e. The van der Waals surface area contributed by atoms with E-state index in [4.69, 9.17) is 0 Å². The first-order valence-corrected chi connectivity index (χ1v) is 26.2.